The summed E-state index contributed by atoms with van der Waals surface area (Å²) in [7, 11) is 0. The Bertz CT molecular complexity index is 809. The predicted molar refractivity (Wildman–Crippen MR) is 87.9 cm³/mol. The van der Waals surface area contributed by atoms with Gasteiger partial charge in [-0.1, -0.05) is 0 Å². The monoisotopic (exact) mass is 441 g/mol. The van der Waals surface area contributed by atoms with Crippen molar-refractivity contribution in [2.45, 2.75) is 32.1 Å². The molecule has 0 spiro atoms. The topological polar surface area (TPSA) is 80.8 Å². The van der Waals surface area contributed by atoms with Crippen LogP contribution in [0.3, 0.4) is 0 Å². The first kappa shape index (κ1) is 22.1. The minimum Gasteiger partial charge on any atom is -0.396 e. The first-order chi connectivity index (χ1) is 13.7. The average molecular weight is 441 g/mol. The van der Waals surface area contributed by atoms with E-state index >= 15 is 0 Å². The van der Waals surface area contributed by atoms with Gasteiger partial charge in [-0.05, 0) is 26.0 Å². The normalized spacial score (nSPS) is 23.3. The smallest absolute Gasteiger partial charge is 0.396 e. The molecular weight excluding hydrogens is 424 g/mol. The second-order valence-electron chi connectivity index (χ2n) is 7.15. The number of hydrogen-bond donors (Lipinski definition) is 1. The van der Waals surface area contributed by atoms with Crippen LogP contribution >= 0.6 is 0 Å². The Hall–Kier alpha value is -2.57. The van der Waals surface area contributed by atoms with Crippen molar-refractivity contribution in [2.75, 3.05) is 24.5 Å². The van der Waals surface area contributed by atoms with Crippen molar-refractivity contribution in [2.24, 2.45) is 11.8 Å². The van der Waals surface area contributed by atoms with Crippen molar-refractivity contribution >= 4 is 17.6 Å². The molecule has 1 aromatic heterocycles. The quantitative estimate of drug-likeness (QED) is 0.438. The number of carbonyl (C=O) groups excluding carboxylic acids is 2. The minimum absolute atomic E-state index is 0.111. The maximum atomic E-state index is 13.0. The van der Waals surface area contributed by atoms with Gasteiger partial charge in [-0.25, -0.2) is 9.59 Å². The lowest BCUT2D eigenvalue weighted by Crippen LogP contribution is -2.59. The molecule has 2 aliphatic rings. The van der Waals surface area contributed by atoms with E-state index in [4.69, 9.17) is 0 Å². The van der Waals surface area contributed by atoms with Crippen LogP contribution in [0.4, 0.5) is 32.0 Å². The molecule has 0 aromatic carbocycles. The summed E-state index contributed by atoms with van der Waals surface area (Å²) in [4.78, 5) is 28.4. The number of anilines is 1. The molecule has 3 heterocycles. The molecule has 166 valence electrons. The number of aromatic nitrogens is 1. The van der Waals surface area contributed by atoms with Crippen LogP contribution in [0.1, 0.15) is 11.4 Å². The van der Waals surface area contributed by atoms with E-state index in [1.165, 1.54) is 12.1 Å². The summed E-state index contributed by atoms with van der Waals surface area (Å²) in [5.74, 6) is -10.2. The summed E-state index contributed by atoms with van der Waals surface area (Å²) in [6, 6.07) is 2.78. The Morgan fingerprint density at radius 2 is 1.53 bits per heavy atom. The fraction of sp³-hybridized carbons (Fsp3) is 0.588. The summed E-state index contributed by atoms with van der Waals surface area (Å²) in [6.45, 7) is 3.12. The highest BCUT2D eigenvalue weighted by Gasteiger charge is 2.65. The van der Waals surface area contributed by atoms with Crippen molar-refractivity contribution in [1.82, 2.24) is 10.3 Å². The lowest BCUT2D eigenvalue weighted by molar-refractivity contribution is -0.279. The highest BCUT2D eigenvalue weighted by Crippen LogP contribution is 2.47. The molecule has 13 heteroatoms. The van der Waals surface area contributed by atoms with Crippen LogP contribution in [0.5, 0.6) is 0 Å². The van der Waals surface area contributed by atoms with Crippen LogP contribution in [-0.2, 0) is 19.1 Å². The number of nitrogens with zero attached hydrogens (tertiary/aromatic N) is 2. The molecule has 1 aromatic rings. The standard InChI is InChI=1S/C17H17F6N3O4/c1-8-3-11(4-9(2)25-8)26-7-10-5-24-6-12(10)17(26,29-13(27)15(18,19)20)30-14(28)16(21,22)23/h3-4,10,12,24H,5-7H2,1-2H3. The number of carbonyl (C=O) groups is 2. The van der Waals surface area contributed by atoms with Gasteiger partial charge in [-0.15, -0.1) is 0 Å². The molecule has 7 nitrogen and oxygen atoms in total. The van der Waals surface area contributed by atoms with Crippen molar-refractivity contribution in [3.63, 3.8) is 0 Å². The summed E-state index contributed by atoms with van der Waals surface area (Å²) < 4.78 is 86.9. The Morgan fingerprint density at radius 1 is 1.03 bits per heavy atom. The number of hydrogen-bond acceptors (Lipinski definition) is 7. The minimum atomic E-state index is -5.52. The predicted octanol–water partition coefficient (Wildman–Crippen LogP) is 2.22. The second kappa shape index (κ2) is 7.29. The molecule has 0 bridgehead atoms. The van der Waals surface area contributed by atoms with Crippen molar-refractivity contribution in [1.29, 1.82) is 0 Å². The summed E-state index contributed by atoms with van der Waals surface area (Å²) >= 11 is 0. The second-order valence-corrected chi connectivity index (χ2v) is 7.15. The summed E-state index contributed by atoms with van der Waals surface area (Å²) in [6.07, 6.45) is -11.0. The molecule has 0 amide bonds. The molecule has 3 rings (SSSR count). The van der Waals surface area contributed by atoms with Crippen LogP contribution in [0.2, 0.25) is 0 Å². The molecule has 2 saturated heterocycles. The van der Waals surface area contributed by atoms with E-state index < -0.39 is 42.0 Å². The highest BCUT2D eigenvalue weighted by molar-refractivity contribution is 5.79. The van der Waals surface area contributed by atoms with E-state index in [0.29, 0.717) is 11.4 Å². The number of esters is 2. The lowest BCUT2D eigenvalue weighted by atomic mass is 9.97. The van der Waals surface area contributed by atoms with Gasteiger partial charge in [0.15, 0.2) is 0 Å². The SMILES string of the molecule is Cc1cc(N2CC3CNCC3C2(OC(=O)C(F)(F)F)OC(=O)C(F)(F)F)cc(C)n1. The third kappa shape index (κ3) is 4.02. The van der Waals surface area contributed by atoms with Gasteiger partial charge in [0.05, 0.1) is 5.92 Å². The number of halogens is 6. The Balaban J connectivity index is 2.14. The number of ether oxygens (including phenoxy) is 2. The molecule has 30 heavy (non-hydrogen) atoms. The van der Waals surface area contributed by atoms with E-state index in [9.17, 15) is 35.9 Å². The molecule has 2 aliphatic heterocycles. The van der Waals surface area contributed by atoms with E-state index in [2.05, 4.69) is 19.8 Å². The van der Waals surface area contributed by atoms with Crippen molar-refractivity contribution < 1.29 is 45.4 Å². The average Bonchev–Trinajstić information content (AvgIpc) is 3.14. The molecule has 0 aliphatic carbocycles. The molecule has 0 radical (unpaired) electrons. The zero-order valence-electron chi connectivity index (χ0n) is 15.7. The van der Waals surface area contributed by atoms with Crippen LogP contribution in [0.25, 0.3) is 0 Å². The van der Waals surface area contributed by atoms with Crippen LogP contribution in [0, 0.1) is 25.7 Å². The fourth-order valence-electron chi connectivity index (χ4n) is 3.83. The van der Waals surface area contributed by atoms with Gasteiger partial charge in [0.1, 0.15) is 0 Å². The van der Waals surface area contributed by atoms with Gasteiger partial charge in [-0.3, -0.25) is 9.88 Å². The number of rotatable bonds is 3. The third-order valence-electron chi connectivity index (χ3n) is 4.92. The number of pyridine rings is 1. The zero-order valence-corrected chi connectivity index (χ0v) is 15.7. The van der Waals surface area contributed by atoms with Crippen LogP contribution < -0.4 is 10.2 Å². The number of fused-ring (bicyclic) bond motifs is 1. The summed E-state index contributed by atoms with van der Waals surface area (Å²) in [5, 5.41) is 2.81. The largest absolute Gasteiger partial charge is 0.491 e. The number of alkyl halides is 6. The van der Waals surface area contributed by atoms with Crippen LogP contribution in [0.15, 0.2) is 12.1 Å². The maximum absolute atomic E-state index is 13.0. The zero-order chi connectivity index (χ0) is 22.5. The molecule has 2 unspecified atom stereocenters. The molecule has 2 atom stereocenters. The van der Waals surface area contributed by atoms with Gasteiger partial charge in [0, 0.05) is 42.6 Å². The lowest BCUT2D eigenvalue weighted by Gasteiger charge is -2.40. The van der Waals surface area contributed by atoms with E-state index in [1.807, 2.05) is 0 Å². The number of aryl methyl sites for hydroxylation is 2. The Morgan fingerprint density at radius 3 is 2.00 bits per heavy atom. The van der Waals surface area contributed by atoms with E-state index in [-0.39, 0.29) is 25.3 Å². The molecule has 2 fully saturated rings. The van der Waals surface area contributed by atoms with Crippen LogP contribution in [-0.4, -0.2) is 54.8 Å². The van der Waals surface area contributed by atoms with Gasteiger partial charge < -0.3 is 14.8 Å². The Kier molecular flexibility index (Phi) is 5.37. The first-order valence-corrected chi connectivity index (χ1v) is 8.78. The van der Waals surface area contributed by atoms with Gasteiger partial charge in [0.2, 0.25) is 0 Å². The molecular formula is C17H17F6N3O4. The molecule has 0 saturated carbocycles. The van der Waals surface area contributed by atoms with Crippen molar-refractivity contribution in [3.05, 3.63) is 23.5 Å². The van der Waals surface area contributed by atoms with Gasteiger partial charge >= 0.3 is 30.2 Å². The number of nitrogens with one attached hydrogen (secondary N) is 1. The third-order valence-corrected chi connectivity index (χ3v) is 4.92. The van der Waals surface area contributed by atoms with Crippen molar-refractivity contribution in [3.8, 4) is 0 Å². The van der Waals surface area contributed by atoms with Gasteiger partial charge in [0.25, 0.3) is 0 Å². The summed E-state index contributed by atoms with van der Waals surface area (Å²) in [5.41, 5.74) is 0.941. The molecule has 1 N–H and O–H groups in total. The van der Waals surface area contributed by atoms with E-state index in [1.54, 1.807) is 13.8 Å². The van der Waals surface area contributed by atoms with Gasteiger partial charge in [-0.2, -0.15) is 26.3 Å². The highest BCUT2D eigenvalue weighted by atomic mass is 19.4. The fourth-order valence-corrected chi connectivity index (χ4v) is 3.83. The maximum Gasteiger partial charge on any atom is 0.491 e. The first-order valence-electron chi connectivity index (χ1n) is 8.78. The van der Waals surface area contributed by atoms with E-state index in [0.717, 1.165) is 4.90 Å². The Labute approximate surface area is 166 Å².